The zero-order valence-electron chi connectivity index (χ0n) is 19.1. The lowest BCUT2D eigenvalue weighted by Gasteiger charge is -2.18. The molecule has 1 N–H and O–H groups in total. The van der Waals surface area contributed by atoms with Gasteiger partial charge in [0, 0.05) is 35.1 Å². The molecule has 2 fully saturated rings. The number of fused-ring (bicyclic) bond motifs is 2. The highest BCUT2D eigenvalue weighted by molar-refractivity contribution is 6.31. The Balaban J connectivity index is 1.37. The van der Waals surface area contributed by atoms with Gasteiger partial charge in [0.05, 0.1) is 24.9 Å². The first-order valence-corrected chi connectivity index (χ1v) is 11.7. The number of halogens is 2. The van der Waals surface area contributed by atoms with Crippen LogP contribution in [0.5, 0.6) is 11.5 Å². The van der Waals surface area contributed by atoms with E-state index >= 15 is 0 Å². The second-order valence-corrected chi connectivity index (χ2v) is 9.70. The Morgan fingerprint density at radius 1 is 1.15 bits per heavy atom. The minimum absolute atomic E-state index is 0.300. The van der Waals surface area contributed by atoms with Gasteiger partial charge in [-0.2, -0.15) is 0 Å². The van der Waals surface area contributed by atoms with Gasteiger partial charge < -0.3 is 19.7 Å². The molecule has 174 valence electrons. The number of nitrogens with zero attached hydrogens (tertiary/aromatic N) is 3. The van der Waals surface area contributed by atoms with Gasteiger partial charge in [-0.3, -0.25) is 0 Å². The van der Waals surface area contributed by atoms with Crippen LogP contribution in [0.2, 0.25) is 5.02 Å². The van der Waals surface area contributed by atoms with E-state index in [1.165, 1.54) is 32.3 Å². The smallest absolute Gasteiger partial charge is 0.163 e. The summed E-state index contributed by atoms with van der Waals surface area (Å²) in [7, 11) is 3.82. The van der Waals surface area contributed by atoms with E-state index in [1.807, 2.05) is 12.1 Å². The zero-order valence-corrected chi connectivity index (χ0v) is 19.8. The molecule has 5 rings (SSSR count). The third kappa shape index (κ3) is 4.32. The molecule has 1 saturated heterocycles. The molecule has 2 aliphatic rings. The lowest BCUT2D eigenvalue weighted by atomic mass is 10.0. The Bertz CT molecular complexity index is 1180. The number of rotatable bonds is 6. The van der Waals surface area contributed by atoms with E-state index in [-0.39, 0.29) is 0 Å². The maximum Gasteiger partial charge on any atom is 0.163 e. The number of methoxy groups -OCH3 is 1. The van der Waals surface area contributed by atoms with E-state index in [9.17, 15) is 4.39 Å². The minimum Gasteiger partial charge on any atom is -0.493 e. The van der Waals surface area contributed by atoms with Crippen molar-refractivity contribution in [3.8, 4) is 11.5 Å². The summed E-state index contributed by atoms with van der Waals surface area (Å²) in [5, 5.41) is 4.17. The number of anilines is 2. The van der Waals surface area contributed by atoms with E-state index in [4.69, 9.17) is 21.1 Å². The van der Waals surface area contributed by atoms with E-state index in [0.29, 0.717) is 57.0 Å². The molecule has 2 heterocycles. The van der Waals surface area contributed by atoms with Crippen molar-refractivity contribution in [1.29, 1.82) is 0 Å². The number of hydrogen-bond acceptors (Lipinski definition) is 6. The quantitative estimate of drug-likeness (QED) is 0.517. The fourth-order valence-corrected chi connectivity index (χ4v) is 5.47. The Kier molecular flexibility index (Phi) is 6.01. The number of hydrogen-bond donors (Lipinski definition) is 1. The molecule has 0 amide bonds. The van der Waals surface area contributed by atoms with Crippen molar-refractivity contribution in [3.05, 3.63) is 47.0 Å². The normalized spacial score (nSPS) is 22.5. The highest BCUT2D eigenvalue weighted by atomic mass is 35.5. The summed E-state index contributed by atoms with van der Waals surface area (Å²) in [6.45, 7) is 4.70. The Morgan fingerprint density at radius 2 is 1.91 bits per heavy atom. The van der Waals surface area contributed by atoms with Crippen LogP contribution in [0.1, 0.15) is 18.4 Å². The van der Waals surface area contributed by atoms with Crippen molar-refractivity contribution in [1.82, 2.24) is 14.9 Å². The van der Waals surface area contributed by atoms with Crippen molar-refractivity contribution in [2.45, 2.75) is 19.8 Å². The lowest BCUT2D eigenvalue weighted by Crippen LogP contribution is -2.18. The number of likely N-dealkylation sites (tertiary alicyclic amines) is 1. The van der Waals surface area contributed by atoms with Gasteiger partial charge in [-0.25, -0.2) is 14.4 Å². The molecule has 6 nitrogen and oxygen atoms in total. The molecule has 33 heavy (non-hydrogen) atoms. The monoisotopic (exact) mass is 470 g/mol. The van der Waals surface area contributed by atoms with Crippen LogP contribution >= 0.6 is 11.6 Å². The summed E-state index contributed by atoms with van der Waals surface area (Å²) in [5.41, 5.74) is 1.38. The Hall–Kier alpha value is -2.64. The molecule has 0 bridgehead atoms. The fraction of sp³-hybridized carbons (Fsp3) is 0.440. The maximum absolute atomic E-state index is 14.7. The molecule has 1 aliphatic heterocycles. The first-order valence-electron chi connectivity index (χ1n) is 11.3. The highest BCUT2D eigenvalue weighted by Gasteiger charge is 2.39. The first-order chi connectivity index (χ1) is 15.9. The average molecular weight is 471 g/mol. The van der Waals surface area contributed by atoms with Crippen LogP contribution in [-0.4, -0.2) is 48.7 Å². The largest absolute Gasteiger partial charge is 0.493 e. The van der Waals surface area contributed by atoms with Crippen molar-refractivity contribution < 1.29 is 13.9 Å². The molecule has 1 unspecified atom stereocenters. The van der Waals surface area contributed by atoms with Crippen molar-refractivity contribution in [2.24, 2.45) is 17.8 Å². The van der Waals surface area contributed by atoms with Gasteiger partial charge in [0.1, 0.15) is 12.1 Å². The standard InChI is InChI=1S/C25H28ClFN4O2/c1-14-19(26)4-5-20(24(14)27)30-25-18-8-22(32-3)23(9-21(18)28-13-29-25)33-12-15-6-16-10-31(2)11-17(16)7-15/h4-5,8-9,13,15-17H,6-7,10-12H2,1-3H3,(H,28,29,30)/t15?,16-,17+. The Labute approximate surface area is 198 Å². The predicted molar refractivity (Wildman–Crippen MR) is 128 cm³/mol. The summed E-state index contributed by atoms with van der Waals surface area (Å²) in [6, 6.07) is 6.97. The summed E-state index contributed by atoms with van der Waals surface area (Å²) < 4.78 is 26.5. The molecule has 8 heteroatoms. The first kappa shape index (κ1) is 22.2. The van der Waals surface area contributed by atoms with Crippen LogP contribution in [0.25, 0.3) is 10.9 Å². The predicted octanol–water partition coefficient (Wildman–Crippen LogP) is 5.45. The van der Waals surface area contributed by atoms with Gasteiger partial charge in [0.15, 0.2) is 17.3 Å². The summed E-state index contributed by atoms with van der Waals surface area (Å²) in [6.07, 6.45) is 3.89. The number of ether oxygens (including phenoxy) is 2. The SMILES string of the molecule is COc1cc2c(Nc3ccc(Cl)c(C)c3F)ncnc2cc1OCC1C[C@@H]2CN(C)C[C@@H]2C1. The molecular weight excluding hydrogens is 443 g/mol. The molecular formula is C25H28ClFN4O2. The highest BCUT2D eigenvalue weighted by Crippen LogP contribution is 2.42. The van der Waals surface area contributed by atoms with E-state index in [0.717, 1.165) is 11.8 Å². The van der Waals surface area contributed by atoms with E-state index in [2.05, 4.69) is 27.2 Å². The van der Waals surface area contributed by atoms with Gasteiger partial charge in [-0.15, -0.1) is 0 Å². The van der Waals surface area contributed by atoms with Gasteiger partial charge in [-0.1, -0.05) is 11.6 Å². The van der Waals surface area contributed by atoms with Crippen LogP contribution in [0, 0.1) is 30.5 Å². The van der Waals surface area contributed by atoms with Crippen molar-refractivity contribution in [2.75, 3.05) is 39.2 Å². The van der Waals surface area contributed by atoms with Gasteiger partial charge >= 0.3 is 0 Å². The van der Waals surface area contributed by atoms with Gasteiger partial charge in [0.25, 0.3) is 0 Å². The van der Waals surface area contributed by atoms with Crippen molar-refractivity contribution in [3.63, 3.8) is 0 Å². The summed E-state index contributed by atoms with van der Waals surface area (Å²) >= 11 is 6.03. The minimum atomic E-state index is -0.409. The molecule has 0 spiro atoms. The average Bonchev–Trinajstić information content (AvgIpc) is 3.34. The van der Waals surface area contributed by atoms with Crippen LogP contribution in [0.15, 0.2) is 30.6 Å². The molecule has 1 aromatic heterocycles. The number of aromatic nitrogens is 2. The molecule has 3 aromatic rings. The number of benzene rings is 2. The topological polar surface area (TPSA) is 59.5 Å². The molecule has 1 aliphatic carbocycles. The molecule has 1 saturated carbocycles. The molecule has 3 atom stereocenters. The lowest BCUT2D eigenvalue weighted by molar-refractivity contribution is 0.227. The van der Waals surface area contributed by atoms with Crippen LogP contribution in [0.3, 0.4) is 0 Å². The second-order valence-electron chi connectivity index (χ2n) is 9.29. The van der Waals surface area contributed by atoms with E-state index < -0.39 is 5.82 Å². The summed E-state index contributed by atoms with van der Waals surface area (Å²) in [5.74, 6) is 3.49. The summed E-state index contributed by atoms with van der Waals surface area (Å²) in [4.78, 5) is 11.2. The number of nitrogens with one attached hydrogen (secondary N) is 1. The molecule has 2 aromatic carbocycles. The second kappa shape index (κ2) is 8.95. The van der Waals surface area contributed by atoms with Gasteiger partial charge in [0.2, 0.25) is 0 Å². The van der Waals surface area contributed by atoms with Crippen LogP contribution < -0.4 is 14.8 Å². The van der Waals surface area contributed by atoms with E-state index in [1.54, 1.807) is 26.2 Å². The molecule has 0 radical (unpaired) electrons. The van der Waals surface area contributed by atoms with Crippen LogP contribution in [0.4, 0.5) is 15.9 Å². The fourth-order valence-electron chi connectivity index (χ4n) is 5.33. The third-order valence-electron chi connectivity index (χ3n) is 7.00. The van der Waals surface area contributed by atoms with Crippen molar-refractivity contribution >= 4 is 34.0 Å². The zero-order chi connectivity index (χ0) is 23.1. The van der Waals surface area contributed by atoms with Gasteiger partial charge in [-0.05, 0) is 62.8 Å². The third-order valence-corrected chi connectivity index (χ3v) is 7.41. The maximum atomic E-state index is 14.7. The Morgan fingerprint density at radius 3 is 2.64 bits per heavy atom. The van der Waals surface area contributed by atoms with Crippen LogP contribution in [-0.2, 0) is 0 Å².